The molecule has 1 aromatic heterocycles. The second kappa shape index (κ2) is 4.39. The summed E-state index contributed by atoms with van der Waals surface area (Å²) in [5.41, 5.74) is 5.94. The Hall–Kier alpha value is -1.80. The summed E-state index contributed by atoms with van der Waals surface area (Å²) in [5.74, 6) is 0.578. The lowest BCUT2D eigenvalue weighted by Gasteiger charge is -2.00. The third kappa shape index (κ3) is 2.13. The van der Waals surface area contributed by atoms with Gasteiger partial charge in [0.2, 0.25) is 5.89 Å². The standard InChI is InChI=1S/C16H14ClNO/c1-9-4-5-12(13(17)7-9)16-18-14-8-10(2)6-11(3)15(14)19-16/h4-8H,1-3H3. The highest BCUT2D eigenvalue weighted by Crippen LogP contribution is 2.32. The molecule has 2 nitrogen and oxygen atoms in total. The van der Waals surface area contributed by atoms with Crippen LogP contribution < -0.4 is 0 Å². The number of nitrogens with zero attached hydrogens (tertiary/aromatic N) is 1. The molecule has 0 saturated heterocycles. The van der Waals surface area contributed by atoms with E-state index in [1.807, 2.05) is 38.1 Å². The van der Waals surface area contributed by atoms with E-state index < -0.39 is 0 Å². The quantitative estimate of drug-likeness (QED) is 0.617. The summed E-state index contributed by atoms with van der Waals surface area (Å²) in [4.78, 5) is 4.54. The SMILES string of the molecule is Cc1ccc(-c2nc3cc(C)cc(C)c3o2)c(Cl)c1. The van der Waals surface area contributed by atoms with Crippen LogP contribution in [0.2, 0.25) is 5.02 Å². The molecule has 0 saturated carbocycles. The number of aromatic nitrogens is 1. The van der Waals surface area contributed by atoms with Crippen LogP contribution in [0.1, 0.15) is 16.7 Å². The molecule has 3 rings (SSSR count). The number of benzene rings is 2. The maximum absolute atomic E-state index is 6.26. The van der Waals surface area contributed by atoms with Gasteiger partial charge in [-0.3, -0.25) is 0 Å². The van der Waals surface area contributed by atoms with Crippen LogP contribution in [0, 0.1) is 20.8 Å². The summed E-state index contributed by atoms with van der Waals surface area (Å²) in [6, 6.07) is 9.99. The summed E-state index contributed by atoms with van der Waals surface area (Å²) in [6.45, 7) is 6.09. The normalized spacial score (nSPS) is 11.2. The van der Waals surface area contributed by atoms with Crippen molar-refractivity contribution < 1.29 is 4.42 Å². The van der Waals surface area contributed by atoms with Gasteiger partial charge in [0.25, 0.3) is 0 Å². The Labute approximate surface area is 117 Å². The molecule has 3 aromatic rings. The van der Waals surface area contributed by atoms with Gasteiger partial charge < -0.3 is 4.42 Å². The summed E-state index contributed by atoms with van der Waals surface area (Å²) in [6.07, 6.45) is 0. The predicted molar refractivity (Wildman–Crippen MR) is 78.7 cm³/mol. The van der Waals surface area contributed by atoms with Crippen molar-refractivity contribution in [1.29, 1.82) is 0 Å². The van der Waals surface area contributed by atoms with E-state index in [-0.39, 0.29) is 0 Å². The minimum Gasteiger partial charge on any atom is -0.436 e. The fourth-order valence-electron chi connectivity index (χ4n) is 2.29. The third-order valence-electron chi connectivity index (χ3n) is 3.18. The van der Waals surface area contributed by atoms with Crippen LogP contribution in [0.25, 0.3) is 22.6 Å². The van der Waals surface area contributed by atoms with Crippen LogP contribution in [-0.4, -0.2) is 4.98 Å². The number of hydrogen-bond acceptors (Lipinski definition) is 2. The van der Waals surface area contributed by atoms with E-state index in [4.69, 9.17) is 16.0 Å². The van der Waals surface area contributed by atoms with Gasteiger partial charge in [0.05, 0.1) is 10.6 Å². The van der Waals surface area contributed by atoms with Crippen molar-refractivity contribution in [2.75, 3.05) is 0 Å². The first-order valence-electron chi connectivity index (χ1n) is 6.19. The Balaban J connectivity index is 2.23. The zero-order chi connectivity index (χ0) is 13.6. The maximum atomic E-state index is 6.26. The minimum absolute atomic E-state index is 0.578. The van der Waals surface area contributed by atoms with Crippen molar-refractivity contribution in [1.82, 2.24) is 4.98 Å². The zero-order valence-electron chi connectivity index (χ0n) is 11.1. The number of oxazole rings is 1. The van der Waals surface area contributed by atoms with Gasteiger partial charge in [-0.15, -0.1) is 0 Å². The van der Waals surface area contributed by atoms with Crippen molar-refractivity contribution >= 4 is 22.7 Å². The van der Waals surface area contributed by atoms with E-state index in [2.05, 4.69) is 18.0 Å². The molecule has 0 radical (unpaired) electrons. The minimum atomic E-state index is 0.578. The number of fused-ring (bicyclic) bond motifs is 1. The molecular weight excluding hydrogens is 258 g/mol. The van der Waals surface area contributed by atoms with Crippen molar-refractivity contribution in [2.24, 2.45) is 0 Å². The monoisotopic (exact) mass is 271 g/mol. The molecule has 0 bridgehead atoms. The lowest BCUT2D eigenvalue weighted by Crippen LogP contribution is -1.81. The smallest absolute Gasteiger partial charge is 0.228 e. The van der Waals surface area contributed by atoms with Crippen LogP contribution in [0.3, 0.4) is 0 Å². The number of hydrogen-bond donors (Lipinski definition) is 0. The van der Waals surface area contributed by atoms with Crippen molar-refractivity contribution in [3.63, 3.8) is 0 Å². The maximum Gasteiger partial charge on any atom is 0.228 e. The van der Waals surface area contributed by atoms with E-state index >= 15 is 0 Å². The fourth-order valence-corrected chi connectivity index (χ4v) is 2.60. The predicted octanol–water partition coefficient (Wildman–Crippen LogP) is 5.07. The average molecular weight is 272 g/mol. The number of halogens is 1. The van der Waals surface area contributed by atoms with Crippen LogP contribution in [0.4, 0.5) is 0 Å². The highest BCUT2D eigenvalue weighted by atomic mass is 35.5. The van der Waals surface area contributed by atoms with Gasteiger partial charge in [-0.25, -0.2) is 4.98 Å². The van der Waals surface area contributed by atoms with E-state index in [0.29, 0.717) is 10.9 Å². The van der Waals surface area contributed by atoms with Crippen LogP contribution in [0.5, 0.6) is 0 Å². The Bertz CT molecular complexity index is 774. The van der Waals surface area contributed by atoms with Crippen molar-refractivity contribution in [3.8, 4) is 11.5 Å². The zero-order valence-corrected chi connectivity index (χ0v) is 11.9. The third-order valence-corrected chi connectivity index (χ3v) is 3.49. The van der Waals surface area contributed by atoms with Crippen molar-refractivity contribution in [2.45, 2.75) is 20.8 Å². The Morgan fingerprint density at radius 1 is 1.00 bits per heavy atom. The van der Waals surface area contributed by atoms with E-state index in [0.717, 1.165) is 27.8 Å². The van der Waals surface area contributed by atoms with E-state index in [9.17, 15) is 0 Å². The highest BCUT2D eigenvalue weighted by Gasteiger charge is 2.13. The van der Waals surface area contributed by atoms with E-state index in [1.54, 1.807) is 0 Å². The Morgan fingerprint density at radius 2 is 1.79 bits per heavy atom. The molecule has 0 aliphatic carbocycles. The number of rotatable bonds is 1. The van der Waals surface area contributed by atoms with Gasteiger partial charge in [0, 0.05) is 0 Å². The first-order chi connectivity index (χ1) is 9.04. The first-order valence-corrected chi connectivity index (χ1v) is 6.57. The lowest BCUT2D eigenvalue weighted by molar-refractivity contribution is 0.617. The fraction of sp³-hybridized carbons (Fsp3) is 0.188. The van der Waals surface area contributed by atoms with E-state index in [1.165, 1.54) is 5.56 Å². The molecule has 0 atom stereocenters. The summed E-state index contributed by atoms with van der Waals surface area (Å²) in [5, 5.41) is 0.668. The topological polar surface area (TPSA) is 26.0 Å². The molecule has 96 valence electrons. The second-order valence-electron chi connectivity index (χ2n) is 4.93. The van der Waals surface area contributed by atoms with Gasteiger partial charge in [-0.05, 0) is 55.7 Å². The summed E-state index contributed by atoms with van der Waals surface area (Å²) < 4.78 is 5.87. The highest BCUT2D eigenvalue weighted by molar-refractivity contribution is 6.33. The molecule has 0 unspecified atom stereocenters. The molecule has 2 aromatic carbocycles. The van der Waals surface area contributed by atoms with Crippen molar-refractivity contribution in [3.05, 3.63) is 52.0 Å². The van der Waals surface area contributed by atoms with Gasteiger partial charge in [0.1, 0.15) is 5.52 Å². The van der Waals surface area contributed by atoms with Crippen LogP contribution in [0.15, 0.2) is 34.7 Å². The van der Waals surface area contributed by atoms with Crippen LogP contribution in [-0.2, 0) is 0 Å². The number of aryl methyl sites for hydroxylation is 3. The molecule has 0 N–H and O–H groups in total. The molecular formula is C16H14ClNO. The molecule has 3 heteroatoms. The Morgan fingerprint density at radius 3 is 2.53 bits per heavy atom. The van der Waals surface area contributed by atoms with Gasteiger partial charge in [-0.2, -0.15) is 0 Å². The molecule has 0 fully saturated rings. The van der Waals surface area contributed by atoms with Gasteiger partial charge in [-0.1, -0.05) is 23.7 Å². The lowest BCUT2D eigenvalue weighted by atomic mass is 10.1. The Kier molecular flexibility index (Phi) is 2.83. The van der Waals surface area contributed by atoms with Gasteiger partial charge >= 0.3 is 0 Å². The molecule has 0 amide bonds. The molecule has 0 aliphatic rings. The summed E-state index contributed by atoms with van der Waals surface area (Å²) in [7, 11) is 0. The van der Waals surface area contributed by atoms with Gasteiger partial charge in [0.15, 0.2) is 5.58 Å². The summed E-state index contributed by atoms with van der Waals surface area (Å²) >= 11 is 6.26. The first kappa shape index (κ1) is 12.2. The molecule has 0 spiro atoms. The molecule has 1 heterocycles. The second-order valence-corrected chi connectivity index (χ2v) is 5.34. The average Bonchev–Trinajstić information content (AvgIpc) is 2.72. The van der Waals surface area contributed by atoms with Crippen LogP contribution >= 0.6 is 11.6 Å². The largest absolute Gasteiger partial charge is 0.436 e. The molecule has 19 heavy (non-hydrogen) atoms. The molecule has 0 aliphatic heterocycles.